The van der Waals surface area contributed by atoms with Crippen LogP contribution in [-0.4, -0.2) is 4.57 Å². The second-order valence-electron chi connectivity index (χ2n) is 20.6. The van der Waals surface area contributed by atoms with Crippen LogP contribution in [0.1, 0.15) is 44.5 Å². The fourth-order valence-electron chi connectivity index (χ4n) is 14.7. The number of nitrogens with zero attached hydrogens (tertiary/aromatic N) is 2. The van der Waals surface area contributed by atoms with Crippen molar-refractivity contribution in [1.29, 1.82) is 0 Å². The Hall–Kier alpha value is -9.50. The lowest BCUT2D eigenvalue weighted by Gasteiger charge is -2.39. The number of hydrogen-bond acceptors (Lipinski definition) is 1. The van der Waals surface area contributed by atoms with E-state index in [0.717, 1.165) is 17.1 Å². The Balaban J connectivity index is 1.00. The Labute approximate surface area is 429 Å². The summed E-state index contributed by atoms with van der Waals surface area (Å²) in [6.07, 6.45) is 0. The Morgan fingerprint density at radius 1 is 0.284 bits per heavy atom. The minimum absolute atomic E-state index is 0.529. The molecule has 0 radical (unpaired) electrons. The average Bonchev–Trinajstić information content (AvgIpc) is 4.17. The zero-order valence-corrected chi connectivity index (χ0v) is 40.3. The smallest absolute Gasteiger partial charge is 0.0755 e. The van der Waals surface area contributed by atoms with Gasteiger partial charge < -0.3 is 9.47 Å². The molecule has 4 aliphatic rings. The lowest BCUT2D eigenvalue weighted by atomic mass is 9.65. The maximum absolute atomic E-state index is 2.61. The summed E-state index contributed by atoms with van der Waals surface area (Å²) < 4.78 is 2.54. The molecule has 2 spiro atoms. The molecule has 1 atom stereocenters. The van der Waals surface area contributed by atoms with Crippen LogP contribution in [0.2, 0.25) is 0 Å². The molecule has 2 heterocycles. The van der Waals surface area contributed by atoms with Crippen molar-refractivity contribution >= 4 is 49.6 Å². The monoisotopic (exact) mass is 936 g/mol. The molecular weight excluding hydrogens is 893 g/mol. The molecule has 74 heavy (non-hydrogen) atoms. The van der Waals surface area contributed by atoms with Crippen LogP contribution in [0, 0.1) is 0 Å². The van der Waals surface area contributed by atoms with Crippen LogP contribution in [0.5, 0.6) is 0 Å². The van der Waals surface area contributed by atoms with Crippen molar-refractivity contribution in [2.45, 2.75) is 10.8 Å². The van der Waals surface area contributed by atoms with Crippen molar-refractivity contribution in [3.8, 4) is 50.2 Å². The summed E-state index contributed by atoms with van der Waals surface area (Å²) in [6, 6.07) is 101. The lowest BCUT2D eigenvalue weighted by molar-refractivity contribution is 0.748. The molecule has 0 saturated heterocycles. The van der Waals surface area contributed by atoms with Crippen molar-refractivity contribution in [1.82, 2.24) is 4.57 Å². The Bertz CT molecular complexity index is 4510. The molecule has 0 saturated carbocycles. The molecule has 0 amide bonds. The molecule has 2 heteroatoms. The summed E-state index contributed by atoms with van der Waals surface area (Å²) in [5, 5.41) is 5.02. The normalized spacial score (nSPS) is 15.5. The molecule has 17 rings (SSSR count). The lowest BCUT2D eigenvalue weighted by Crippen LogP contribution is -2.33. The Kier molecular flexibility index (Phi) is 7.90. The molecule has 3 aliphatic carbocycles. The summed E-state index contributed by atoms with van der Waals surface area (Å²) in [6.45, 7) is 0. The van der Waals surface area contributed by atoms with Gasteiger partial charge in [-0.25, -0.2) is 0 Å². The summed E-state index contributed by atoms with van der Waals surface area (Å²) in [5.74, 6) is 0. The van der Waals surface area contributed by atoms with E-state index in [-0.39, 0.29) is 0 Å². The van der Waals surface area contributed by atoms with Crippen molar-refractivity contribution < 1.29 is 0 Å². The van der Waals surface area contributed by atoms with Gasteiger partial charge >= 0.3 is 0 Å². The molecular formula is C72H44N2. The molecule has 2 nitrogen and oxygen atoms in total. The van der Waals surface area contributed by atoms with Gasteiger partial charge in [-0.1, -0.05) is 231 Å². The van der Waals surface area contributed by atoms with Gasteiger partial charge in [0.15, 0.2) is 0 Å². The van der Waals surface area contributed by atoms with Gasteiger partial charge in [-0.3, -0.25) is 0 Å². The predicted octanol–water partition coefficient (Wildman–Crippen LogP) is 18.1. The number of fused-ring (bicyclic) bond motifs is 24. The zero-order valence-electron chi connectivity index (χ0n) is 40.3. The molecule has 13 aromatic rings. The number of hydrogen-bond donors (Lipinski definition) is 0. The summed E-state index contributed by atoms with van der Waals surface area (Å²) in [7, 11) is 0. The number of anilines is 3. The minimum atomic E-state index is -0.603. The maximum atomic E-state index is 2.61. The van der Waals surface area contributed by atoms with E-state index in [9.17, 15) is 0 Å². The van der Waals surface area contributed by atoms with Crippen molar-refractivity contribution in [3.63, 3.8) is 0 Å². The summed E-state index contributed by atoms with van der Waals surface area (Å²) >= 11 is 0. The first kappa shape index (κ1) is 40.1. The third-order valence-electron chi connectivity index (χ3n) is 17.4. The molecule has 342 valence electrons. The van der Waals surface area contributed by atoms with Crippen molar-refractivity contribution in [3.05, 3.63) is 311 Å². The molecule has 0 N–H and O–H groups in total. The molecule has 1 aromatic heterocycles. The van der Waals surface area contributed by atoms with E-state index >= 15 is 0 Å². The molecule has 12 aromatic carbocycles. The number of benzene rings is 12. The van der Waals surface area contributed by atoms with E-state index < -0.39 is 10.8 Å². The van der Waals surface area contributed by atoms with Crippen LogP contribution in [0.4, 0.5) is 17.1 Å². The highest BCUT2D eigenvalue weighted by atomic mass is 15.1. The third-order valence-corrected chi connectivity index (χ3v) is 17.4. The number of para-hydroxylation sites is 3. The SMILES string of the molecule is c1ccc(-c2ccc(N(c3cccc4c3-c3ccccc3C43c4ccccc4-n4c5ccccc5c5cccc3c54)c3cc4c(c5ccccc35)-c3ccccc3C43c4ccccc4-c4ccccc43)cc2)cc1. The average molecular weight is 937 g/mol. The van der Waals surface area contributed by atoms with Crippen molar-refractivity contribution in [2.75, 3.05) is 4.90 Å². The summed E-state index contributed by atoms with van der Waals surface area (Å²) in [5.41, 5.74) is 26.7. The van der Waals surface area contributed by atoms with Crippen LogP contribution in [0.3, 0.4) is 0 Å². The van der Waals surface area contributed by atoms with Gasteiger partial charge in [0.25, 0.3) is 0 Å². The highest BCUT2D eigenvalue weighted by molar-refractivity contribution is 6.15. The minimum Gasteiger partial charge on any atom is -0.309 e. The third kappa shape index (κ3) is 4.82. The molecule has 1 aliphatic heterocycles. The largest absolute Gasteiger partial charge is 0.309 e. The Morgan fingerprint density at radius 2 is 0.770 bits per heavy atom. The fraction of sp³-hybridized carbons (Fsp3) is 0.0278. The highest BCUT2D eigenvalue weighted by Gasteiger charge is 2.54. The van der Waals surface area contributed by atoms with Gasteiger partial charge in [-0.15, -0.1) is 0 Å². The second-order valence-corrected chi connectivity index (χ2v) is 20.6. The van der Waals surface area contributed by atoms with E-state index in [1.165, 1.54) is 127 Å². The first-order chi connectivity index (χ1) is 36.8. The van der Waals surface area contributed by atoms with Gasteiger partial charge in [0.05, 0.1) is 38.9 Å². The fourth-order valence-corrected chi connectivity index (χ4v) is 14.7. The first-order valence-corrected chi connectivity index (χ1v) is 25.9. The number of rotatable bonds is 4. The summed E-state index contributed by atoms with van der Waals surface area (Å²) in [4.78, 5) is 2.61. The van der Waals surface area contributed by atoms with E-state index in [0.29, 0.717) is 0 Å². The van der Waals surface area contributed by atoms with Gasteiger partial charge in [0.1, 0.15) is 0 Å². The van der Waals surface area contributed by atoms with Crippen LogP contribution < -0.4 is 4.90 Å². The standard InChI is InChI=1S/C72H44N2/c1-2-20-45(21-3-1)46-40-42-47(43-41-46)73(67-44-63-68(52-26-5-4-24-50(52)67)54-27-8-13-32-58(54)71(63)56-30-11-6-22-48(56)49-23-7-12-31-57(49)71)66-39-19-35-61-69(66)55-28-9-14-33-59(55)72(61)60-34-15-17-38-65(60)74-64-37-16-10-25-51(64)53-29-18-36-62(72)70(53)74/h1-44H. The zero-order chi connectivity index (χ0) is 48.3. The molecule has 1 unspecified atom stereocenters. The molecule has 0 fully saturated rings. The van der Waals surface area contributed by atoms with Gasteiger partial charge in [-0.05, 0) is 125 Å². The van der Waals surface area contributed by atoms with E-state index in [1.54, 1.807) is 0 Å². The van der Waals surface area contributed by atoms with Crippen LogP contribution >= 0.6 is 0 Å². The first-order valence-electron chi connectivity index (χ1n) is 25.9. The Morgan fingerprint density at radius 3 is 1.49 bits per heavy atom. The van der Waals surface area contributed by atoms with Gasteiger partial charge in [0, 0.05) is 27.4 Å². The molecule has 0 bridgehead atoms. The van der Waals surface area contributed by atoms with Gasteiger partial charge in [-0.2, -0.15) is 0 Å². The quantitative estimate of drug-likeness (QED) is 0.171. The second kappa shape index (κ2) is 14.6. The highest BCUT2D eigenvalue weighted by Crippen LogP contribution is 2.67. The maximum Gasteiger partial charge on any atom is 0.0755 e. The van der Waals surface area contributed by atoms with Crippen LogP contribution in [0.15, 0.2) is 267 Å². The predicted molar refractivity (Wildman–Crippen MR) is 306 cm³/mol. The van der Waals surface area contributed by atoms with Crippen LogP contribution in [0.25, 0.3) is 82.8 Å². The number of aromatic nitrogens is 1. The van der Waals surface area contributed by atoms with Crippen LogP contribution in [-0.2, 0) is 10.8 Å². The van der Waals surface area contributed by atoms with Crippen molar-refractivity contribution in [2.24, 2.45) is 0 Å². The van der Waals surface area contributed by atoms with E-state index in [2.05, 4.69) is 276 Å². The van der Waals surface area contributed by atoms with Gasteiger partial charge in [0.2, 0.25) is 0 Å². The topological polar surface area (TPSA) is 8.17 Å². The van der Waals surface area contributed by atoms with E-state index in [1.807, 2.05) is 0 Å². The van der Waals surface area contributed by atoms with E-state index in [4.69, 9.17) is 0 Å².